The number of amides is 1. The largest absolute Gasteiger partial charge is 0.273 e. The van der Waals surface area contributed by atoms with Crippen LogP contribution in [0.25, 0.3) is 0 Å². The van der Waals surface area contributed by atoms with Gasteiger partial charge in [0.15, 0.2) is 0 Å². The predicted molar refractivity (Wildman–Crippen MR) is 79.4 cm³/mol. The van der Waals surface area contributed by atoms with Crippen LogP contribution >= 0.6 is 11.6 Å². The number of nitrogens with zero attached hydrogens (tertiary/aromatic N) is 1. The van der Waals surface area contributed by atoms with Crippen LogP contribution in [0.4, 0.5) is 0 Å². The molecule has 2 rings (SSSR count). The fourth-order valence-corrected chi connectivity index (χ4v) is 3.41. The zero-order valence-electron chi connectivity index (χ0n) is 11.8. The SMILES string of the molecule is C/C(=N/NC(=O)C1CCCCC1)C1CCC(Cl)CC1. The van der Waals surface area contributed by atoms with Crippen molar-refractivity contribution in [3.8, 4) is 0 Å². The van der Waals surface area contributed by atoms with Crippen molar-refractivity contribution in [1.29, 1.82) is 0 Å². The van der Waals surface area contributed by atoms with Gasteiger partial charge in [-0.1, -0.05) is 19.3 Å². The average Bonchev–Trinajstić information content (AvgIpc) is 2.46. The van der Waals surface area contributed by atoms with Gasteiger partial charge >= 0.3 is 0 Å². The average molecular weight is 285 g/mol. The lowest BCUT2D eigenvalue weighted by molar-refractivity contribution is -0.125. The molecule has 0 aromatic carbocycles. The number of hydrogen-bond acceptors (Lipinski definition) is 2. The molecule has 2 aliphatic carbocycles. The van der Waals surface area contributed by atoms with Crippen LogP contribution in [0.5, 0.6) is 0 Å². The minimum Gasteiger partial charge on any atom is -0.273 e. The number of halogens is 1. The molecule has 108 valence electrons. The standard InChI is InChI=1S/C15H25ClN2O/c1-11(12-7-9-14(16)10-8-12)17-18-15(19)13-5-3-2-4-6-13/h12-14H,2-10H2,1H3,(H,18,19)/b17-11-. The van der Waals surface area contributed by atoms with E-state index in [1.807, 2.05) is 6.92 Å². The molecule has 3 nitrogen and oxygen atoms in total. The third-order valence-corrected chi connectivity index (χ3v) is 5.00. The highest BCUT2D eigenvalue weighted by Crippen LogP contribution is 2.28. The molecule has 4 heteroatoms. The topological polar surface area (TPSA) is 41.5 Å². The lowest BCUT2D eigenvalue weighted by Crippen LogP contribution is -2.30. The van der Waals surface area contributed by atoms with Crippen LogP contribution in [-0.2, 0) is 4.79 Å². The molecule has 0 saturated heterocycles. The van der Waals surface area contributed by atoms with E-state index in [4.69, 9.17) is 11.6 Å². The molecule has 2 saturated carbocycles. The Bertz CT molecular complexity index is 329. The van der Waals surface area contributed by atoms with Gasteiger partial charge in [-0.2, -0.15) is 5.10 Å². The Labute approximate surface area is 121 Å². The number of hydrogen-bond donors (Lipinski definition) is 1. The molecular formula is C15H25ClN2O. The molecule has 0 unspecified atom stereocenters. The van der Waals surface area contributed by atoms with Gasteiger partial charge in [0, 0.05) is 17.0 Å². The van der Waals surface area contributed by atoms with E-state index in [9.17, 15) is 4.79 Å². The van der Waals surface area contributed by atoms with E-state index < -0.39 is 0 Å². The zero-order chi connectivity index (χ0) is 13.7. The van der Waals surface area contributed by atoms with Gasteiger partial charge in [-0.3, -0.25) is 4.79 Å². The van der Waals surface area contributed by atoms with E-state index in [1.54, 1.807) is 0 Å². The molecule has 2 aliphatic rings. The van der Waals surface area contributed by atoms with Crippen molar-refractivity contribution in [3.05, 3.63) is 0 Å². The minimum atomic E-state index is 0.116. The molecule has 0 spiro atoms. The van der Waals surface area contributed by atoms with Crippen LogP contribution in [0.15, 0.2) is 5.10 Å². The van der Waals surface area contributed by atoms with Gasteiger partial charge < -0.3 is 0 Å². The van der Waals surface area contributed by atoms with Gasteiger partial charge in [0.25, 0.3) is 0 Å². The van der Waals surface area contributed by atoms with E-state index in [0.29, 0.717) is 11.3 Å². The Morgan fingerprint density at radius 3 is 2.26 bits per heavy atom. The quantitative estimate of drug-likeness (QED) is 0.477. The summed E-state index contributed by atoms with van der Waals surface area (Å²) in [5, 5.41) is 4.66. The number of carbonyl (C=O) groups is 1. The number of carbonyl (C=O) groups excluding carboxylic acids is 1. The van der Waals surface area contributed by atoms with Crippen LogP contribution in [0.2, 0.25) is 0 Å². The van der Waals surface area contributed by atoms with E-state index in [0.717, 1.165) is 44.2 Å². The van der Waals surface area contributed by atoms with Crippen molar-refractivity contribution in [2.75, 3.05) is 0 Å². The summed E-state index contributed by atoms with van der Waals surface area (Å²) in [5.41, 5.74) is 3.84. The fourth-order valence-electron chi connectivity index (χ4n) is 3.16. The normalized spacial score (nSPS) is 30.1. The monoisotopic (exact) mass is 284 g/mol. The molecule has 0 aliphatic heterocycles. The summed E-state index contributed by atoms with van der Waals surface area (Å²) < 4.78 is 0. The van der Waals surface area contributed by atoms with Gasteiger partial charge in [0.2, 0.25) is 5.91 Å². The van der Waals surface area contributed by atoms with Gasteiger partial charge in [-0.15, -0.1) is 11.6 Å². The van der Waals surface area contributed by atoms with Crippen LogP contribution in [-0.4, -0.2) is 17.0 Å². The first-order valence-corrected chi connectivity index (χ1v) is 8.08. The smallest absolute Gasteiger partial charge is 0.243 e. The fraction of sp³-hybridized carbons (Fsp3) is 0.867. The molecule has 0 aromatic heterocycles. The number of alkyl halides is 1. The summed E-state index contributed by atoms with van der Waals surface area (Å²) in [6.45, 7) is 2.03. The van der Waals surface area contributed by atoms with Crippen LogP contribution < -0.4 is 5.43 Å². The maximum atomic E-state index is 12.0. The Hall–Kier alpha value is -0.570. The van der Waals surface area contributed by atoms with Crippen LogP contribution in [0.3, 0.4) is 0 Å². The Balaban J connectivity index is 1.78. The summed E-state index contributed by atoms with van der Waals surface area (Å²) in [6, 6.07) is 0. The summed E-state index contributed by atoms with van der Waals surface area (Å²) in [4.78, 5) is 12.0. The van der Waals surface area contributed by atoms with Crippen molar-refractivity contribution >= 4 is 23.2 Å². The van der Waals surface area contributed by atoms with Gasteiger partial charge in [0.1, 0.15) is 0 Å². The van der Waals surface area contributed by atoms with E-state index in [1.165, 1.54) is 19.3 Å². The first-order valence-electron chi connectivity index (χ1n) is 7.65. The van der Waals surface area contributed by atoms with E-state index in [2.05, 4.69) is 10.5 Å². The molecule has 1 amide bonds. The van der Waals surface area contributed by atoms with Gasteiger partial charge in [0.05, 0.1) is 0 Å². The number of hydrazone groups is 1. The summed E-state index contributed by atoms with van der Waals surface area (Å²) >= 11 is 6.11. The lowest BCUT2D eigenvalue weighted by atomic mass is 9.86. The van der Waals surface area contributed by atoms with Crippen molar-refractivity contribution in [3.63, 3.8) is 0 Å². The predicted octanol–water partition coefficient (Wildman–Crippen LogP) is 3.86. The van der Waals surface area contributed by atoms with Crippen molar-refractivity contribution in [2.24, 2.45) is 16.9 Å². The molecule has 0 radical (unpaired) electrons. The molecule has 2 fully saturated rings. The summed E-state index contributed by atoms with van der Waals surface area (Å²) in [5.74, 6) is 0.801. The highest BCUT2D eigenvalue weighted by molar-refractivity contribution is 6.20. The maximum absolute atomic E-state index is 12.0. The second-order valence-corrected chi connectivity index (χ2v) is 6.63. The maximum Gasteiger partial charge on any atom is 0.243 e. The third kappa shape index (κ3) is 4.48. The number of rotatable bonds is 3. The molecule has 1 N–H and O–H groups in total. The Kier molecular flexibility index (Phi) is 5.68. The summed E-state index contributed by atoms with van der Waals surface area (Å²) in [6.07, 6.45) is 10.0. The molecular weight excluding hydrogens is 260 g/mol. The molecule has 19 heavy (non-hydrogen) atoms. The van der Waals surface area contributed by atoms with Gasteiger partial charge in [-0.05, 0) is 51.4 Å². The van der Waals surface area contributed by atoms with E-state index in [-0.39, 0.29) is 11.8 Å². The zero-order valence-corrected chi connectivity index (χ0v) is 12.6. The highest BCUT2D eigenvalue weighted by Gasteiger charge is 2.23. The first kappa shape index (κ1) is 14.8. The molecule has 0 bridgehead atoms. The third-order valence-electron chi connectivity index (χ3n) is 4.57. The Morgan fingerprint density at radius 2 is 1.63 bits per heavy atom. The minimum absolute atomic E-state index is 0.116. The van der Waals surface area contributed by atoms with Crippen LogP contribution in [0, 0.1) is 11.8 Å². The lowest BCUT2D eigenvalue weighted by Gasteiger charge is -2.25. The number of nitrogens with one attached hydrogen (secondary N) is 1. The van der Waals surface area contributed by atoms with Crippen molar-refractivity contribution < 1.29 is 4.79 Å². The van der Waals surface area contributed by atoms with Crippen molar-refractivity contribution in [1.82, 2.24) is 5.43 Å². The molecule has 0 atom stereocenters. The molecule has 0 aromatic rings. The highest BCUT2D eigenvalue weighted by atomic mass is 35.5. The first-order chi connectivity index (χ1) is 9.16. The Morgan fingerprint density at radius 1 is 1.00 bits per heavy atom. The van der Waals surface area contributed by atoms with Crippen LogP contribution in [0.1, 0.15) is 64.7 Å². The molecule has 0 heterocycles. The summed E-state index contributed by atoms with van der Waals surface area (Å²) in [7, 11) is 0. The second kappa shape index (κ2) is 7.28. The second-order valence-electron chi connectivity index (χ2n) is 6.01. The van der Waals surface area contributed by atoms with Crippen molar-refractivity contribution in [2.45, 2.75) is 70.1 Å². The van der Waals surface area contributed by atoms with E-state index >= 15 is 0 Å². The van der Waals surface area contributed by atoms with Gasteiger partial charge in [-0.25, -0.2) is 5.43 Å².